The van der Waals surface area contributed by atoms with Gasteiger partial charge in [0.2, 0.25) is 0 Å². The Morgan fingerprint density at radius 2 is 2.31 bits per heavy atom. The average Bonchev–Trinajstić information content (AvgIpc) is 2.84. The van der Waals surface area contributed by atoms with Crippen molar-refractivity contribution in [3.8, 4) is 0 Å². The Morgan fingerprint density at radius 3 is 2.81 bits per heavy atom. The lowest BCUT2D eigenvalue weighted by Crippen LogP contribution is -2.21. The monoisotopic (exact) mass is 299 g/mol. The molecule has 0 aliphatic rings. The highest BCUT2D eigenvalue weighted by molar-refractivity contribution is 9.10. The summed E-state index contributed by atoms with van der Waals surface area (Å²) in [5.74, 6) is 1.00. The Labute approximate surface area is 108 Å². The van der Waals surface area contributed by atoms with Crippen LogP contribution in [0.5, 0.6) is 0 Å². The van der Waals surface area contributed by atoms with Gasteiger partial charge in [0.15, 0.2) is 0 Å². The van der Waals surface area contributed by atoms with Crippen LogP contribution in [-0.2, 0) is 0 Å². The fourth-order valence-corrected chi connectivity index (χ4v) is 3.37. The molecule has 0 aromatic carbocycles. The van der Waals surface area contributed by atoms with E-state index >= 15 is 0 Å². The van der Waals surface area contributed by atoms with Gasteiger partial charge in [0, 0.05) is 9.35 Å². The molecule has 1 unspecified atom stereocenters. The smallest absolute Gasteiger partial charge is 0.128 e. The van der Waals surface area contributed by atoms with Gasteiger partial charge in [-0.1, -0.05) is 6.92 Å². The number of thiophene rings is 1. The zero-order valence-corrected chi connectivity index (χ0v) is 11.7. The van der Waals surface area contributed by atoms with E-state index in [1.165, 1.54) is 10.4 Å². The number of halogens is 1. The normalized spacial score (nSPS) is 12.9. The molecule has 2 aromatic heterocycles. The first-order valence-corrected chi connectivity index (χ1v) is 6.91. The molecule has 2 rings (SSSR count). The summed E-state index contributed by atoms with van der Waals surface area (Å²) in [6, 6.07) is 4.22. The minimum absolute atomic E-state index is 0.148. The SMILES string of the molecule is CCNC(c1occc1C)c1sccc1Br. The van der Waals surface area contributed by atoms with Crippen molar-refractivity contribution in [2.75, 3.05) is 6.54 Å². The predicted octanol–water partition coefficient (Wildman–Crippen LogP) is 4.11. The van der Waals surface area contributed by atoms with Gasteiger partial charge < -0.3 is 9.73 Å². The van der Waals surface area contributed by atoms with Crippen molar-refractivity contribution in [3.05, 3.63) is 44.4 Å². The molecule has 0 aliphatic heterocycles. The van der Waals surface area contributed by atoms with E-state index in [0.29, 0.717) is 0 Å². The lowest BCUT2D eigenvalue weighted by molar-refractivity contribution is 0.452. The van der Waals surface area contributed by atoms with E-state index < -0.39 is 0 Å². The topological polar surface area (TPSA) is 25.2 Å². The van der Waals surface area contributed by atoms with Gasteiger partial charge in [-0.3, -0.25) is 0 Å². The van der Waals surface area contributed by atoms with E-state index in [1.54, 1.807) is 17.6 Å². The van der Waals surface area contributed by atoms with Gasteiger partial charge in [0.05, 0.1) is 6.26 Å². The first-order chi connectivity index (χ1) is 7.74. The number of furan rings is 1. The highest BCUT2D eigenvalue weighted by Crippen LogP contribution is 2.34. The predicted molar refractivity (Wildman–Crippen MR) is 71.0 cm³/mol. The van der Waals surface area contributed by atoms with Crippen molar-refractivity contribution in [1.29, 1.82) is 0 Å². The second-order valence-electron chi connectivity index (χ2n) is 3.59. The molecule has 0 spiro atoms. The molecule has 2 heterocycles. The van der Waals surface area contributed by atoms with Gasteiger partial charge in [-0.2, -0.15) is 0 Å². The summed E-state index contributed by atoms with van der Waals surface area (Å²) >= 11 is 5.31. The first kappa shape index (κ1) is 11.9. The Kier molecular flexibility index (Phi) is 3.84. The molecule has 0 saturated heterocycles. The fourth-order valence-electron chi connectivity index (χ4n) is 1.70. The number of rotatable bonds is 4. The number of hydrogen-bond donors (Lipinski definition) is 1. The van der Waals surface area contributed by atoms with Gasteiger partial charge >= 0.3 is 0 Å². The van der Waals surface area contributed by atoms with Gasteiger partial charge in [-0.05, 0) is 52.5 Å². The van der Waals surface area contributed by atoms with Crippen LogP contribution >= 0.6 is 27.3 Å². The number of hydrogen-bond acceptors (Lipinski definition) is 3. The van der Waals surface area contributed by atoms with Crippen molar-refractivity contribution in [1.82, 2.24) is 5.32 Å². The van der Waals surface area contributed by atoms with Gasteiger partial charge in [0.25, 0.3) is 0 Å². The average molecular weight is 300 g/mol. The maximum Gasteiger partial charge on any atom is 0.128 e. The van der Waals surface area contributed by atoms with Crippen molar-refractivity contribution < 1.29 is 4.42 Å². The third-order valence-electron chi connectivity index (χ3n) is 2.48. The minimum atomic E-state index is 0.148. The van der Waals surface area contributed by atoms with Crippen LogP contribution in [0.4, 0.5) is 0 Å². The molecule has 0 amide bonds. The lowest BCUT2D eigenvalue weighted by atomic mass is 10.1. The van der Waals surface area contributed by atoms with E-state index in [0.717, 1.165) is 16.8 Å². The summed E-state index contributed by atoms with van der Waals surface area (Å²) in [6.07, 6.45) is 1.75. The molecule has 0 fully saturated rings. The summed E-state index contributed by atoms with van der Waals surface area (Å²) < 4.78 is 6.72. The van der Waals surface area contributed by atoms with Crippen LogP contribution in [-0.4, -0.2) is 6.54 Å². The molecular formula is C12H14BrNOS. The summed E-state index contributed by atoms with van der Waals surface area (Å²) in [5.41, 5.74) is 1.19. The van der Waals surface area contributed by atoms with Gasteiger partial charge in [-0.25, -0.2) is 0 Å². The molecule has 86 valence electrons. The molecule has 0 radical (unpaired) electrons. The summed E-state index contributed by atoms with van der Waals surface area (Å²) in [5, 5.41) is 5.54. The van der Waals surface area contributed by atoms with Crippen LogP contribution in [0.3, 0.4) is 0 Å². The molecule has 0 bridgehead atoms. The van der Waals surface area contributed by atoms with Crippen LogP contribution in [0.2, 0.25) is 0 Å². The van der Waals surface area contributed by atoms with Crippen molar-refractivity contribution in [2.24, 2.45) is 0 Å². The Balaban J connectivity index is 2.39. The highest BCUT2D eigenvalue weighted by Gasteiger charge is 2.21. The van der Waals surface area contributed by atoms with Crippen LogP contribution in [0.1, 0.15) is 29.2 Å². The van der Waals surface area contributed by atoms with Gasteiger partial charge in [0.1, 0.15) is 11.8 Å². The zero-order chi connectivity index (χ0) is 11.5. The summed E-state index contributed by atoms with van der Waals surface area (Å²) in [4.78, 5) is 1.26. The quantitative estimate of drug-likeness (QED) is 0.919. The third-order valence-corrected chi connectivity index (χ3v) is 4.41. The Bertz CT molecular complexity index is 423. The van der Waals surface area contributed by atoms with Crippen molar-refractivity contribution >= 4 is 27.3 Å². The number of nitrogens with one attached hydrogen (secondary N) is 1. The molecule has 2 aromatic rings. The van der Waals surface area contributed by atoms with E-state index in [-0.39, 0.29) is 6.04 Å². The minimum Gasteiger partial charge on any atom is -0.467 e. The third kappa shape index (κ3) is 2.24. The molecule has 0 aliphatic carbocycles. The maximum atomic E-state index is 5.58. The van der Waals surface area contributed by atoms with Crippen LogP contribution in [0, 0.1) is 6.92 Å². The molecule has 1 atom stereocenters. The second-order valence-corrected chi connectivity index (χ2v) is 5.39. The molecule has 16 heavy (non-hydrogen) atoms. The van der Waals surface area contributed by atoms with Crippen LogP contribution < -0.4 is 5.32 Å². The molecule has 1 N–H and O–H groups in total. The lowest BCUT2D eigenvalue weighted by Gasteiger charge is -2.15. The van der Waals surface area contributed by atoms with Gasteiger partial charge in [-0.15, -0.1) is 11.3 Å². The highest BCUT2D eigenvalue weighted by atomic mass is 79.9. The van der Waals surface area contributed by atoms with Crippen LogP contribution in [0.25, 0.3) is 0 Å². The van der Waals surface area contributed by atoms with Crippen LogP contribution in [0.15, 0.2) is 32.7 Å². The van der Waals surface area contributed by atoms with E-state index in [4.69, 9.17) is 4.42 Å². The maximum absolute atomic E-state index is 5.58. The fraction of sp³-hybridized carbons (Fsp3) is 0.333. The summed E-state index contributed by atoms with van der Waals surface area (Å²) in [6.45, 7) is 5.09. The van der Waals surface area contributed by atoms with Crippen molar-refractivity contribution in [2.45, 2.75) is 19.9 Å². The van der Waals surface area contributed by atoms with Crippen molar-refractivity contribution in [3.63, 3.8) is 0 Å². The standard InChI is InChI=1S/C12H14BrNOS/c1-3-14-10(11-8(2)4-6-15-11)12-9(13)5-7-16-12/h4-7,10,14H,3H2,1-2H3. The molecular weight excluding hydrogens is 286 g/mol. The Morgan fingerprint density at radius 1 is 1.50 bits per heavy atom. The Hall–Kier alpha value is -0.580. The largest absolute Gasteiger partial charge is 0.467 e. The molecule has 2 nitrogen and oxygen atoms in total. The van der Waals surface area contributed by atoms with E-state index in [9.17, 15) is 0 Å². The zero-order valence-electron chi connectivity index (χ0n) is 9.29. The van der Waals surface area contributed by atoms with E-state index in [1.807, 2.05) is 6.07 Å². The molecule has 4 heteroatoms. The van der Waals surface area contributed by atoms with E-state index in [2.05, 4.69) is 46.5 Å². The molecule has 0 saturated carbocycles. The first-order valence-electron chi connectivity index (χ1n) is 5.24. The number of aryl methyl sites for hydroxylation is 1. The summed E-state index contributed by atoms with van der Waals surface area (Å²) in [7, 11) is 0. The second kappa shape index (κ2) is 5.17.